The van der Waals surface area contributed by atoms with Gasteiger partial charge < -0.3 is 34.1 Å². The highest BCUT2D eigenvalue weighted by atomic mass is 16.7. The van der Waals surface area contributed by atoms with Gasteiger partial charge in [0, 0.05) is 32.4 Å². The van der Waals surface area contributed by atoms with Gasteiger partial charge in [-0.1, -0.05) is 0 Å². The number of aliphatic hydroxyl groups excluding tert-OH is 1. The zero-order valence-corrected chi connectivity index (χ0v) is 13.6. The lowest BCUT2D eigenvalue weighted by atomic mass is 10.3. The van der Waals surface area contributed by atoms with Gasteiger partial charge in [-0.3, -0.25) is 0 Å². The second-order valence-corrected chi connectivity index (χ2v) is 4.98. The van der Waals surface area contributed by atoms with E-state index < -0.39 is 6.10 Å². The van der Waals surface area contributed by atoms with E-state index in [1.807, 2.05) is 13.8 Å². The summed E-state index contributed by atoms with van der Waals surface area (Å²) in [5.41, 5.74) is 0. The third-order valence-corrected chi connectivity index (χ3v) is 3.18. The zero-order chi connectivity index (χ0) is 16.5. The summed E-state index contributed by atoms with van der Waals surface area (Å²) in [7, 11) is 0. The van der Waals surface area contributed by atoms with Gasteiger partial charge in [0.1, 0.15) is 18.5 Å². The van der Waals surface area contributed by atoms with Gasteiger partial charge in [-0.25, -0.2) is 0 Å². The van der Waals surface area contributed by atoms with Gasteiger partial charge in [-0.2, -0.15) is 0 Å². The Kier molecular flexibility index (Phi) is 7.41. The SMILES string of the molecule is CCOC(CNCC(O)COc1ccc2c(c1)OCO2)OCC. The Morgan fingerprint density at radius 2 is 1.87 bits per heavy atom. The molecule has 1 atom stereocenters. The van der Waals surface area contributed by atoms with Crippen molar-refractivity contribution in [2.45, 2.75) is 26.2 Å². The van der Waals surface area contributed by atoms with Crippen LogP contribution in [0, 0.1) is 0 Å². The van der Waals surface area contributed by atoms with Gasteiger partial charge in [0.15, 0.2) is 17.8 Å². The zero-order valence-electron chi connectivity index (χ0n) is 13.6. The predicted octanol–water partition coefficient (Wildman–Crippen LogP) is 1.14. The topological polar surface area (TPSA) is 78.4 Å². The predicted molar refractivity (Wildman–Crippen MR) is 84.0 cm³/mol. The van der Waals surface area contributed by atoms with Crippen LogP contribution in [-0.4, -0.2) is 57.2 Å². The maximum absolute atomic E-state index is 9.95. The summed E-state index contributed by atoms with van der Waals surface area (Å²) in [4.78, 5) is 0. The maximum Gasteiger partial charge on any atom is 0.231 e. The number of fused-ring (bicyclic) bond motifs is 1. The van der Waals surface area contributed by atoms with E-state index >= 15 is 0 Å². The van der Waals surface area contributed by atoms with Crippen molar-refractivity contribution in [2.24, 2.45) is 0 Å². The third-order valence-electron chi connectivity index (χ3n) is 3.18. The number of hydrogen-bond acceptors (Lipinski definition) is 7. The number of aliphatic hydroxyl groups is 1. The molecule has 0 radical (unpaired) electrons. The van der Waals surface area contributed by atoms with Crippen molar-refractivity contribution in [3.63, 3.8) is 0 Å². The Labute approximate surface area is 136 Å². The van der Waals surface area contributed by atoms with Crippen molar-refractivity contribution in [3.8, 4) is 17.2 Å². The average molecular weight is 327 g/mol. The first-order chi connectivity index (χ1) is 11.2. The van der Waals surface area contributed by atoms with Crippen LogP contribution in [0.5, 0.6) is 17.2 Å². The van der Waals surface area contributed by atoms with Crippen molar-refractivity contribution in [1.29, 1.82) is 0 Å². The Balaban J connectivity index is 1.65. The lowest BCUT2D eigenvalue weighted by Crippen LogP contribution is -2.37. The Bertz CT molecular complexity index is 464. The second kappa shape index (κ2) is 9.57. The molecule has 0 fully saturated rings. The monoisotopic (exact) mass is 327 g/mol. The molecule has 0 aromatic heterocycles. The molecule has 1 unspecified atom stereocenters. The van der Waals surface area contributed by atoms with Gasteiger partial charge >= 0.3 is 0 Å². The molecule has 1 heterocycles. The molecule has 7 heteroatoms. The number of hydrogen-bond donors (Lipinski definition) is 2. The Morgan fingerprint density at radius 1 is 1.13 bits per heavy atom. The van der Waals surface area contributed by atoms with E-state index in [0.29, 0.717) is 43.6 Å². The van der Waals surface area contributed by atoms with E-state index in [2.05, 4.69) is 5.32 Å². The molecule has 1 aromatic carbocycles. The molecule has 1 aromatic rings. The van der Waals surface area contributed by atoms with Crippen LogP contribution in [0.1, 0.15) is 13.8 Å². The number of benzene rings is 1. The highest BCUT2D eigenvalue weighted by Crippen LogP contribution is 2.35. The highest BCUT2D eigenvalue weighted by molar-refractivity contribution is 5.46. The van der Waals surface area contributed by atoms with Gasteiger partial charge in [0.2, 0.25) is 6.79 Å². The summed E-state index contributed by atoms with van der Waals surface area (Å²) in [5.74, 6) is 2.00. The smallest absolute Gasteiger partial charge is 0.231 e. The fourth-order valence-electron chi connectivity index (χ4n) is 2.12. The van der Waals surface area contributed by atoms with Crippen LogP contribution in [0.4, 0.5) is 0 Å². The van der Waals surface area contributed by atoms with Crippen molar-refractivity contribution in [1.82, 2.24) is 5.32 Å². The minimum Gasteiger partial charge on any atom is -0.491 e. The molecule has 1 aliphatic heterocycles. The van der Waals surface area contributed by atoms with Crippen LogP contribution in [0.3, 0.4) is 0 Å². The molecule has 0 bridgehead atoms. The molecule has 0 saturated carbocycles. The summed E-state index contributed by atoms with van der Waals surface area (Å²) < 4.78 is 26.9. The van der Waals surface area contributed by atoms with Crippen LogP contribution in [0.15, 0.2) is 18.2 Å². The van der Waals surface area contributed by atoms with E-state index in [1.165, 1.54) is 0 Å². The quantitative estimate of drug-likeness (QED) is 0.590. The van der Waals surface area contributed by atoms with Crippen LogP contribution in [0.25, 0.3) is 0 Å². The van der Waals surface area contributed by atoms with Gasteiger partial charge in [-0.15, -0.1) is 0 Å². The Hall–Kier alpha value is -1.54. The van der Waals surface area contributed by atoms with E-state index in [1.54, 1.807) is 18.2 Å². The molecular weight excluding hydrogens is 302 g/mol. The molecule has 2 rings (SSSR count). The molecule has 23 heavy (non-hydrogen) atoms. The van der Waals surface area contributed by atoms with Crippen LogP contribution in [-0.2, 0) is 9.47 Å². The van der Waals surface area contributed by atoms with Gasteiger partial charge in [-0.05, 0) is 26.0 Å². The standard InChI is InChI=1S/C16H25NO6/c1-3-19-16(20-4-2)9-17-8-12(18)10-21-13-5-6-14-15(7-13)23-11-22-14/h5-7,12,16-18H,3-4,8-11H2,1-2H3. The van der Waals surface area contributed by atoms with Crippen LogP contribution in [0.2, 0.25) is 0 Å². The highest BCUT2D eigenvalue weighted by Gasteiger charge is 2.14. The van der Waals surface area contributed by atoms with Crippen LogP contribution < -0.4 is 19.5 Å². The molecular formula is C16H25NO6. The summed E-state index contributed by atoms with van der Waals surface area (Å²) in [5, 5.41) is 13.1. The van der Waals surface area contributed by atoms with E-state index in [9.17, 15) is 5.11 Å². The summed E-state index contributed by atoms with van der Waals surface area (Å²) >= 11 is 0. The molecule has 0 aliphatic carbocycles. The minimum atomic E-state index is -0.635. The lowest BCUT2D eigenvalue weighted by molar-refractivity contribution is -0.133. The molecule has 130 valence electrons. The number of ether oxygens (including phenoxy) is 5. The largest absolute Gasteiger partial charge is 0.491 e. The van der Waals surface area contributed by atoms with E-state index in [4.69, 9.17) is 23.7 Å². The molecule has 0 spiro atoms. The maximum atomic E-state index is 9.95. The lowest BCUT2D eigenvalue weighted by Gasteiger charge is -2.19. The van der Waals surface area contributed by atoms with E-state index in [-0.39, 0.29) is 19.7 Å². The minimum absolute atomic E-state index is 0.181. The molecule has 1 aliphatic rings. The Morgan fingerprint density at radius 3 is 2.61 bits per heavy atom. The fourth-order valence-corrected chi connectivity index (χ4v) is 2.12. The van der Waals surface area contributed by atoms with E-state index in [0.717, 1.165) is 0 Å². The third kappa shape index (κ3) is 5.87. The molecule has 2 N–H and O–H groups in total. The number of nitrogens with one attached hydrogen (secondary N) is 1. The summed E-state index contributed by atoms with van der Waals surface area (Å²) in [6, 6.07) is 5.33. The summed E-state index contributed by atoms with van der Waals surface area (Å²) in [6.45, 7) is 6.32. The number of rotatable bonds is 11. The van der Waals surface area contributed by atoms with Gasteiger partial charge in [0.05, 0.1) is 0 Å². The van der Waals surface area contributed by atoms with Crippen molar-refractivity contribution >= 4 is 0 Å². The normalized spacial score (nSPS) is 14.3. The molecule has 7 nitrogen and oxygen atoms in total. The van der Waals surface area contributed by atoms with Gasteiger partial charge in [0.25, 0.3) is 0 Å². The van der Waals surface area contributed by atoms with Crippen molar-refractivity contribution in [2.75, 3.05) is 39.7 Å². The average Bonchev–Trinajstić information content (AvgIpc) is 3.01. The first-order valence-corrected chi connectivity index (χ1v) is 7.87. The fraction of sp³-hybridized carbons (Fsp3) is 0.625. The van der Waals surface area contributed by atoms with Crippen LogP contribution >= 0.6 is 0 Å². The molecule has 0 amide bonds. The first kappa shape index (κ1) is 17.8. The summed E-state index contributed by atoms with van der Waals surface area (Å²) in [6.07, 6.45) is -0.934. The van der Waals surface area contributed by atoms with Crippen molar-refractivity contribution < 1.29 is 28.8 Å². The second-order valence-electron chi connectivity index (χ2n) is 4.98. The molecule has 0 saturated heterocycles. The van der Waals surface area contributed by atoms with Crippen molar-refractivity contribution in [3.05, 3.63) is 18.2 Å². The first-order valence-electron chi connectivity index (χ1n) is 7.87.